The van der Waals surface area contributed by atoms with E-state index in [0.717, 1.165) is 6.42 Å². The third kappa shape index (κ3) is 3.29. The van der Waals surface area contributed by atoms with E-state index in [0.29, 0.717) is 12.2 Å². The van der Waals surface area contributed by atoms with E-state index in [4.69, 9.17) is 0 Å². The molecule has 0 saturated carbocycles. The minimum atomic E-state index is -0.268. The molecular weight excluding hydrogens is 236 g/mol. The van der Waals surface area contributed by atoms with Crippen molar-refractivity contribution >= 4 is 17.2 Å². The van der Waals surface area contributed by atoms with Crippen LogP contribution in [0.5, 0.6) is 0 Å². The molecule has 0 unspecified atom stereocenters. The Morgan fingerprint density at radius 3 is 2.94 bits per heavy atom. The molecule has 5 heteroatoms. The van der Waals surface area contributed by atoms with E-state index in [1.807, 2.05) is 11.4 Å². The lowest BCUT2D eigenvalue weighted by Crippen LogP contribution is -2.27. The molecule has 2 aromatic heterocycles. The molecule has 0 fully saturated rings. The van der Waals surface area contributed by atoms with E-state index in [-0.39, 0.29) is 11.5 Å². The van der Waals surface area contributed by atoms with Crippen LogP contribution in [0.1, 0.15) is 16.1 Å². The van der Waals surface area contributed by atoms with Crippen LogP contribution >= 0.6 is 11.3 Å². The molecule has 2 aromatic rings. The summed E-state index contributed by atoms with van der Waals surface area (Å²) in [5.41, 5.74) is 1.23. The van der Waals surface area contributed by atoms with Gasteiger partial charge < -0.3 is 10.3 Å². The fourth-order valence-corrected chi connectivity index (χ4v) is 2.13. The number of amides is 1. The van der Waals surface area contributed by atoms with Crippen LogP contribution in [0.2, 0.25) is 0 Å². The number of carbonyl (C=O) groups is 1. The first-order chi connectivity index (χ1) is 8.25. The molecule has 0 bridgehead atoms. The largest absolute Gasteiger partial charge is 0.350 e. The molecular formula is C12H12N2O2S. The van der Waals surface area contributed by atoms with Gasteiger partial charge >= 0.3 is 0 Å². The standard InChI is InChI=1S/C12H12N2O2S/c15-11-3-1-2-10(14-11)12(16)13-6-4-9-5-7-17-8-9/h1-3,5,7-8H,4,6H2,(H,13,16)(H,14,15). The fourth-order valence-electron chi connectivity index (χ4n) is 1.43. The summed E-state index contributed by atoms with van der Waals surface area (Å²) in [6, 6.07) is 6.55. The zero-order valence-corrected chi connectivity index (χ0v) is 9.92. The van der Waals surface area contributed by atoms with Gasteiger partial charge in [-0.3, -0.25) is 9.59 Å². The third-order valence-electron chi connectivity index (χ3n) is 2.29. The molecule has 4 nitrogen and oxygen atoms in total. The Labute approximate surface area is 102 Å². The second kappa shape index (κ2) is 5.45. The normalized spacial score (nSPS) is 10.1. The number of carbonyl (C=O) groups excluding carboxylic acids is 1. The van der Waals surface area contributed by atoms with E-state index < -0.39 is 0 Å². The molecule has 2 rings (SSSR count). The Hall–Kier alpha value is -1.88. The number of aromatic nitrogens is 1. The first-order valence-electron chi connectivity index (χ1n) is 5.24. The van der Waals surface area contributed by atoms with E-state index in [9.17, 15) is 9.59 Å². The number of rotatable bonds is 4. The van der Waals surface area contributed by atoms with Gasteiger partial charge in [0.1, 0.15) is 5.69 Å². The molecule has 0 aliphatic carbocycles. The van der Waals surface area contributed by atoms with Crippen molar-refractivity contribution in [2.24, 2.45) is 0 Å². The number of aromatic amines is 1. The van der Waals surface area contributed by atoms with E-state index >= 15 is 0 Å². The maximum absolute atomic E-state index is 11.6. The van der Waals surface area contributed by atoms with Gasteiger partial charge in [0.2, 0.25) is 5.56 Å². The maximum atomic E-state index is 11.6. The summed E-state index contributed by atoms with van der Waals surface area (Å²) in [6.45, 7) is 0.562. The Kier molecular flexibility index (Phi) is 3.72. The van der Waals surface area contributed by atoms with Crippen molar-refractivity contribution in [2.75, 3.05) is 6.54 Å². The Bertz CT molecular complexity index is 546. The van der Waals surface area contributed by atoms with Crippen molar-refractivity contribution in [1.82, 2.24) is 10.3 Å². The van der Waals surface area contributed by atoms with Gasteiger partial charge in [0, 0.05) is 12.6 Å². The summed E-state index contributed by atoms with van der Waals surface area (Å²) in [4.78, 5) is 25.2. The fraction of sp³-hybridized carbons (Fsp3) is 0.167. The average Bonchev–Trinajstić information content (AvgIpc) is 2.82. The topological polar surface area (TPSA) is 62.0 Å². The summed E-state index contributed by atoms with van der Waals surface area (Å²) in [5, 5.41) is 6.82. The smallest absolute Gasteiger partial charge is 0.267 e. The predicted molar refractivity (Wildman–Crippen MR) is 67.4 cm³/mol. The number of H-pyrrole nitrogens is 1. The summed E-state index contributed by atoms with van der Waals surface area (Å²) in [6.07, 6.45) is 0.798. The van der Waals surface area contributed by atoms with Crippen molar-refractivity contribution in [1.29, 1.82) is 0 Å². The molecule has 17 heavy (non-hydrogen) atoms. The average molecular weight is 248 g/mol. The zero-order chi connectivity index (χ0) is 12.1. The van der Waals surface area contributed by atoms with Crippen molar-refractivity contribution in [3.8, 4) is 0 Å². The Morgan fingerprint density at radius 2 is 2.24 bits per heavy atom. The molecule has 1 amide bonds. The van der Waals surface area contributed by atoms with Crippen molar-refractivity contribution in [3.63, 3.8) is 0 Å². The van der Waals surface area contributed by atoms with Crippen molar-refractivity contribution < 1.29 is 4.79 Å². The van der Waals surface area contributed by atoms with Crippen molar-refractivity contribution in [2.45, 2.75) is 6.42 Å². The van der Waals surface area contributed by atoms with Gasteiger partial charge in [0.05, 0.1) is 0 Å². The molecule has 88 valence electrons. The summed E-state index contributed by atoms with van der Waals surface area (Å²) >= 11 is 1.64. The molecule has 0 aliphatic heterocycles. The van der Waals surface area contributed by atoms with E-state index in [2.05, 4.69) is 15.7 Å². The van der Waals surface area contributed by atoms with Gasteiger partial charge in [0.15, 0.2) is 0 Å². The van der Waals surface area contributed by atoms with Crippen LogP contribution in [0.25, 0.3) is 0 Å². The van der Waals surface area contributed by atoms with Crippen LogP contribution in [-0.2, 0) is 6.42 Å². The molecule has 0 aromatic carbocycles. The molecule has 0 saturated heterocycles. The minimum absolute atomic E-state index is 0.252. The number of nitrogens with one attached hydrogen (secondary N) is 2. The Morgan fingerprint density at radius 1 is 1.35 bits per heavy atom. The van der Waals surface area contributed by atoms with Gasteiger partial charge in [-0.15, -0.1) is 0 Å². The zero-order valence-electron chi connectivity index (χ0n) is 9.10. The van der Waals surface area contributed by atoms with E-state index in [1.54, 1.807) is 23.5 Å². The molecule has 0 radical (unpaired) electrons. The monoisotopic (exact) mass is 248 g/mol. The molecule has 0 atom stereocenters. The van der Waals surface area contributed by atoms with Gasteiger partial charge in [-0.05, 0) is 34.9 Å². The summed E-state index contributed by atoms with van der Waals surface area (Å²) in [7, 11) is 0. The molecule has 0 aliphatic rings. The third-order valence-corrected chi connectivity index (χ3v) is 3.02. The molecule has 2 N–H and O–H groups in total. The maximum Gasteiger partial charge on any atom is 0.267 e. The summed E-state index contributed by atoms with van der Waals surface area (Å²) in [5.74, 6) is -0.252. The van der Waals surface area contributed by atoms with Gasteiger partial charge in [-0.1, -0.05) is 6.07 Å². The highest BCUT2D eigenvalue weighted by molar-refractivity contribution is 7.07. The van der Waals surface area contributed by atoms with Crippen LogP contribution in [0.3, 0.4) is 0 Å². The van der Waals surface area contributed by atoms with Crippen LogP contribution in [0.4, 0.5) is 0 Å². The first-order valence-corrected chi connectivity index (χ1v) is 6.18. The number of hydrogen-bond acceptors (Lipinski definition) is 3. The highest BCUT2D eigenvalue weighted by atomic mass is 32.1. The minimum Gasteiger partial charge on any atom is -0.350 e. The lowest BCUT2D eigenvalue weighted by Gasteiger charge is -2.03. The van der Waals surface area contributed by atoms with Crippen LogP contribution < -0.4 is 10.9 Å². The lowest BCUT2D eigenvalue weighted by molar-refractivity contribution is 0.0949. The van der Waals surface area contributed by atoms with Crippen LogP contribution in [0, 0.1) is 0 Å². The van der Waals surface area contributed by atoms with Crippen LogP contribution in [-0.4, -0.2) is 17.4 Å². The first kappa shape index (κ1) is 11.6. The quantitative estimate of drug-likeness (QED) is 0.859. The van der Waals surface area contributed by atoms with Gasteiger partial charge in [0.25, 0.3) is 5.91 Å². The highest BCUT2D eigenvalue weighted by Crippen LogP contribution is 2.05. The molecule has 2 heterocycles. The highest BCUT2D eigenvalue weighted by Gasteiger charge is 2.04. The second-order valence-electron chi connectivity index (χ2n) is 3.57. The van der Waals surface area contributed by atoms with Crippen molar-refractivity contribution in [3.05, 3.63) is 56.6 Å². The Balaban J connectivity index is 1.87. The predicted octanol–water partition coefficient (Wildman–Crippen LogP) is 1.41. The van der Waals surface area contributed by atoms with E-state index in [1.165, 1.54) is 11.6 Å². The molecule has 0 spiro atoms. The van der Waals surface area contributed by atoms with Gasteiger partial charge in [-0.25, -0.2) is 0 Å². The number of hydrogen-bond donors (Lipinski definition) is 2. The summed E-state index contributed by atoms with van der Waals surface area (Å²) < 4.78 is 0. The number of pyridine rings is 1. The SMILES string of the molecule is O=C(NCCc1ccsc1)c1cccc(=O)[nH]1. The van der Waals surface area contributed by atoms with Gasteiger partial charge in [-0.2, -0.15) is 11.3 Å². The van der Waals surface area contributed by atoms with Crippen LogP contribution in [0.15, 0.2) is 39.8 Å². The lowest BCUT2D eigenvalue weighted by atomic mass is 10.2. The number of thiophene rings is 1. The second-order valence-corrected chi connectivity index (χ2v) is 4.35.